The van der Waals surface area contributed by atoms with E-state index in [0.29, 0.717) is 6.54 Å². The summed E-state index contributed by atoms with van der Waals surface area (Å²) in [5.74, 6) is 0.108. The van der Waals surface area contributed by atoms with Crippen LogP contribution in [0.2, 0.25) is 0 Å². The maximum absolute atomic E-state index is 12.5. The average molecular weight is 246 g/mol. The summed E-state index contributed by atoms with van der Waals surface area (Å²) >= 11 is 0. The Morgan fingerprint density at radius 3 is 2.94 bits per heavy atom. The van der Waals surface area contributed by atoms with Gasteiger partial charge in [0.1, 0.15) is 5.82 Å². The molecule has 0 saturated carbocycles. The van der Waals surface area contributed by atoms with E-state index in [1.165, 1.54) is 12.4 Å². The minimum absolute atomic E-state index is 0.134. The molecule has 0 atom stereocenters. The number of imidazole rings is 1. The van der Waals surface area contributed by atoms with Crippen molar-refractivity contribution in [1.82, 2.24) is 19.8 Å². The van der Waals surface area contributed by atoms with Gasteiger partial charge in [-0.15, -0.1) is 0 Å². The van der Waals surface area contributed by atoms with Crippen molar-refractivity contribution in [1.29, 1.82) is 0 Å². The van der Waals surface area contributed by atoms with Gasteiger partial charge in [0.25, 0.3) is 0 Å². The molecule has 0 fully saturated rings. The number of carbonyl (C=O) groups excluding carboxylic acids is 1. The topological polar surface area (TPSA) is 50.2 Å². The lowest BCUT2D eigenvalue weighted by molar-refractivity contribution is -0.121. The molecule has 96 valence electrons. The minimum atomic E-state index is -2.61. The van der Waals surface area contributed by atoms with Crippen LogP contribution in [0.1, 0.15) is 19.3 Å². The second-order valence-corrected chi connectivity index (χ2v) is 3.65. The molecule has 1 rings (SSSR count). The second-order valence-electron chi connectivity index (χ2n) is 3.65. The Morgan fingerprint density at radius 1 is 1.65 bits per heavy atom. The van der Waals surface area contributed by atoms with Gasteiger partial charge >= 0.3 is 6.55 Å². The fourth-order valence-corrected chi connectivity index (χ4v) is 1.44. The third kappa shape index (κ3) is 4.10. The monoisotopic (exact) mass is 246 g/mol. The minimum Gasteiger partial charge on any atom is -0.355 e. The van der Waals surface area contributed by atoms with Crippen molar-refractivity contribution < 1.29 is 13.6 Å². The Bertz CT molecular complexity index is 367. The van der Waals surface area contributed by atoms with E-state index in [-0.39, 0.29) is 24.8 Å². The molecule has 0 aliphatic heterocycles. The highest BCUT2D eigenvalue weighted by Crippen LogP contribution is 2.13. The van der Waals surface area contributed by atoms with Crippen molar-refractivity contribution in [3.63, 3.8) is 0 Å². The number of likely N-dealkylation sites (N-methyl/N-ethyl adjacent to an activating group) is 2. The molecule has 1 aromatic heterocycles. The molecule has 0 unspecified atom stereocenters. The Hall–Kier alpha value is -1.50. The van der Waals surface area contributed by atoms with Crippen LogP contribution < -0.4 is 5.32 Å². The van der Waals surface area contributed by atoms with Gasteiger partial charge in [-0.1, -0.05) is 0 Å². The van der Waals surface area contributed by atoms with Gasteiger partial charge in [-0.05, 0) is 14.0 Å². The Labute approximate surface area is 98.4 Å². The smallest absolute Gasteiger partial charge is 0.319 e. The van der Waals surface area contributed by atoms with Crippen LogP contribution in [0.4, 0.5) is 8.78 Å². The van der Waals surface area contributed by atoms with Crippen LogP contribution in [0.5, 0.6) is 0 Å². The van der Waals surface area contributed by atoms with Crippen LogP contribution in [-0.2, 0) is 11.3 Å². The number of nitrogens with one attached hydrogen (secondary N) is 1. The highest BCUT2D eigenvalue weighted by molar-refractivity contribution is 5.77. The van der Waals surface area contributed by atoms with E-state index in [1.54, 1.807) is 11.9 Å². The van der Waals surface area contributed by atoms with E-state index >= 15 is 0 Å². The third-order valence-electron chi connectivity index (χ3n) is 2.16. The molecule has 0 saturated heterocycles. The first-order valence-corrected chi connectivity index (χ1v) is 5.29. The molecule has 7 heteroatoms. The number of carbonyl (C=O) groups is 1. The molecule has 1 N–H and O–H groups in total. The molecule has 0 radical (unpaired) electrons. The lowest BCUT2D eigenvalue weighted by Gasteiger charge is -2.16. The molecule has 17 heavy (non-hydrogen) atoms. The SMILES string of the molecule is CCNC(=O)CN(C)Cc1nccn1C(F)F. The summed E-state index contributed by atoms with van der Waals surface area (Å²) in [5.41, 5.74) is 0. The molecule has 1 heterocycles. The first-order valence-electron chi connectivity index (χ1n) is 5.29. The van der Waals surface area contributed by atoms with Gasteiger partial charge in [0.05, 0.1) is 13.1 Å². The number of hydrogen-bond donors (Lipinski definition) is 1. The van der Waals surface area contributed by atoms with E-state index in [1.807, 2.05) is 6.92 Å². The van der Waals surface area contributed by atoms with Crippen LogP contribution in [0, 0.1) is 0 Å². The second kappa shape index (κ2) is 6.29. The Kier molecular flexibility index (Phi) is 5.02. The van der Waals surface area contributed by atoms with Gasteiger partial charge < -0.3 is 5.32 Å². The van der Waals surface area contributed by atoms with E-state index < -0.39 is 6.55 Å². The lowest BCUT2D eigenvalue weighted by Crippen LogP contribution is -2.35. The molecular weight excluding hydrogens is 230 g/mol. The zero-order valence-corrected chi connectivity index (χ0v) is 9.86. The van der Waals surface area contributed by atoms with Crippen molar-refractivity contribution in [3.8, 4) is 0 Å². The summed E-state index contributed by atoms with van der Waals surface area (Å²) < 4.78 is 25.8. The first kappa shape index (κ1) is 13.6. The largest absolute Gasteiger partial charge is 0.355 e. The number of halogens is 2. The van der Waals surface area contributed by atoms with Crippen molar-refractivity contribution in [2.45, 2.75) is 20.0 Å². The van der Waals surface area contributed by atoms with E-state index in [9.17, 15) is 13.6 Å². The molecule has 0 aliphatic carbocycles. The van der Waals surface area contributed by atoms with Gasteiger partial charge in [0.2, 0.25) is 5.91 Å². The van der Waals surface area contributed by atoms with E-state index in [0.717, 1.165) is 4.57 Å². The number of nitrogens with zero attached hydrogens (tertiary/aromatic N) is 3. The number of aromatic nitrogens is 2. The van der Waals surface area contributed by atoms with Crippen LogP contribution in [0.15, 0.2) is 12.4 Å². The van der Waals surface area contributed by atoms with Gasteiger partial charge in [0.15, 0.2) is 0 Å². The van der Waals surface area contributed by atoms with Crippen LogP contribution in [0.3, 0.4) is 0 Å². The van der Waals surface area contributed by atoms with Crippen LogP contribution in [0.25, 0.3) is 0 Å². The fourth-order valence-electron chi connectivity index (χ4n) is 1.44. The fraction of sp³-hybridized carbons (Fsp3) is 0.600. The van der Waals surface area contributed by atoms with Gasteiger partial charge in [-0.2, -0.15) is 8.78 Å². The van der Waals surface area contributed by atoms with Crippen LogP contribution >= 0.6 is 0 Å². The Morgan fingerprint density at radius 2 is 2.35 bits per heavy atom. The van der Waals surface area contributed by atoms with Gasteiger partial charge in [-0.3, -0.25) is 14.3 Å². The molecule has 5 nitrogen and oxygen atoms in total. The quantitative estimate of drug-likeness (QED) is 0.809. The van der Waals surface area contributed by atoms with E-state index in [2.05, 4.69) is 10.3 Å². The highest BCUT2D eigenvalue weighted by atomic mass is 19.3. The lowest BCUT2D eigenvalue weighted by atomic mass is 10.4. The summed E-state index contributed by atoms with van der Waals surface area (Å²) in [4.78, 5) is 16.7. The molecule has 0 aromatic carbocycles. The maximum Gasteiger partial charge on any atom is 0.319 e. The van der Waals surface area contributed by atoms with Crippen molar-refractivity contribution >= 4 is 5.91 Å². The van der Waals surface area contributed by atoms with Gasteiger partial charge in [0, 0.05) is 18.9 Å². The summed E-state index contributed by atoms with van der Waals surface area (Å²) in [5, 5.41) is 2.64. The summed E-state index contributed by atoms with van der Waals surface area (Å²) in [6, 6.07) is 0. The number of hydrogen-bond acceptors (Lipinski definition) is 3. The number of amides is 1. The normalized spacial score (nSPS) is 11.2. The maximum atomic E-state index is 12.5. The number of rotatable bonds is 6. The zero-order chi connectivity index (χ0) is 12.8. The molecule has 0 bridgehead atoms. The molecule has 1 amide bonds. The van der Waals surface area contributed by atoms with Crippen molar-refractivity contribution in [2.24, 2.45) is 0 Å². The first-order chi connectivity index (χ1) is 8.04. The third-order valence-corrected chi connectivity index (χ3v) is 2.16. The molecule has 0 aliphatic rings. The average Bonchev–Trinajstić information content (AvgIpc) is 2.65. The molecular formula is C10H16F2N4O. The molecule has 0 spiro atoms. The van der Waals surface area contributed by atoms with Crippen molar-refractivity contribution in [2.75, 3.05) is 20.1 Å². The van der Waals surface area contributed by atoms with E-state index in [4.69, 9.17) is 0 Å². The Balaban J connectivity index is 2.53. The van der Waals surface area contributed by atoms with Gasteiger partial charge in [-0.25, -0.2) is 4.98 Å². The highest BCUT2D eigenvalue weighted by Gasteiger charge is 2.14. The summed E-state index contributed by atoms with van der Waals surface area (Å²) in [7, 11) is 1.68. The van der Waals surface area contributed by atoms with Crippen molar-refractivity contribution in [3.05, 3.63) is 18.2 Å². The predicted molar refractivity (Wildman–Crippen MR) is 58.5 cm³/mol. The summed E-state index contributed by atoms with van der Waals surface area (Å²) in [6.45, 7) is 0.128. The summed E-state index contributed by atoms with van der Waals surface area (Å²) in [6.07, 6.45) is 2.54. The zero-order valence-electron chi connectivity index (χ0n) is 9.86. The predicted octanol–water partition coefficient (Wildman–Crippen LogP) is 0.846. The standard InChI is InChI=1S/C10H16F2N4O/c1-3-13-9(17)7-15(2)6-8-14-4-5-16(8)10(11)12/h4-5,10H,3,6-7H2,1-2H3,(H,13,17). The number of alkyl halides is 2. The van der Waals surface area contributed by atoms with Crippen LogP contribution in [-0.4, -0.2) is 40.5 Å². The molecule has 1 aromatic rings.